The second-order valence-electron chi connectivity index (χ2n) is 6.92. The summed E-state index contributed by atoms with van der Waals surface area (Å²) in [6.45, 7) is 4.31. The number of carbonyl (C=O) groups excluding carboxylic acids is 1. The van der Waals surface area contributed by atoms with Gasteiger partial charge in [-0.15, -0.1) is 0 Å². The van der Waals surface area contributed by atoms with Crippen molar-refractivity contribution in [2.24, 2.45) is 0 Å². The van der Waals surface area contributed by atoms with Crippen LogP contribution in [0.3, 0.4) is 0 Å². The maximum Gasteiger partial charge on any atom is 0.251 e. The van der Waals surface area contributed by atoms with Crippen LogP contribution >= 0.6 is 0 Å². The summed E-state index contributed by atoms with van der Waals surface area (Å²) in [5.74, 6) is -0.393. The molecule has 142 valence electrons. The zero-order chi connectivity index (χ0) is 18.6. The molecule has 2 heterocycles. The highest BCUT2D eigenvalue weighted by Crippen LogP contribution is 2.21. The van der Waals surface area contributed by atoms with Crippen molar-refractivity contribution < 1.29 is 18.7 Å². The Balaban J connectivity index is 1.46. The van der Waals surface area contributed by atoms with Crippen molar-refractivity contribution in [3.05, 3.63) is 59.9 Å². The van der Waals surface area contributed by atoms with E-state index in [9.17, 15) is 9.18 Å². The molecule has 2 atom stereocenters. The minimum atomic E-state index is -0.275. The van der Waals surface area contributed by atoms with Gasteiger partial charge in [-0.3, -0.25) is 9.69 Å². The third-order valence-electron chi connectivity index (χ3n) is 5.18. The van der Waals surface area contributed by atoms with Crippen LogP contribution in [0.1, 0.15) is 10.4 Å². The lowest BCUT2D eigenvalue weighted by Gasteiger charge is -2.34. The van der Waals surface area contributed by atoms with E-state index in [2.05, 4.69) is 10.2 Å². The SMILES string of the molecule is O=C(N[C@@H]1COC[C@H]1N1CCOCC1)c1cccc(-c2ccc(F)cc2)c1. The summed E-state index contributed by atoms with van der Waals surface area (Å²) < 4.78 is 24.2. The van der Waals surface area contributed by atoms with Crippen LogP contribution in [-0.4, -0.2) is 62.4 Å². The molecule has 6 heteroatoms. The van der Waals surface area contributed by atoms with E-state index in [0.717, 1.165) is 37.4 Å². The number of ether oxygens (including phenoxy) is 2. The summed E-state index contributed by atoms with van der Waals surface area (Å²) in [5.41, 5.74) is 2.35. The third kappa shape index (κ3) is 4.18. The van der Waals surface area contributed by atoms with Gasteiger partial charge in [0.05, 0.1) is 38.5 Å². The Morgan fingerprint density at radius 3 is 2.56 bits per heavy atom. The highest BCUT2D eigenvalue weighted by molar-refractivity contribution is 5.95. The van der Waals surface area contributed by atoms with E-state index in [1.807, 2.05) is 18.2 Å². The standard InChI is InChI=1S/C21H23FN2O3/c22-18-6-4-15(5-7-18)16-2-1-3-17(12-16)21(25)23-19-13-27-14-20(19)24-8-10-26-11-9-24/h1-7,12,19-20H,8-11,13-14H2,(H,23,25)/t19-,20-/m1/s1. The van der Waals surface area contributed by atoms with Crippen molar-refractivity contribution in [2.75, 3.05) is 39.5 Å². The number of hydrogen-bond donors (Lipinski definition) is 1. The van der Waals surface area contributed by atoms with Gasteiger partial charge in [0.2, 0.25) is 0 Å². The predicted molar refractivity (Wildman–Crippen MR) is 100 cm³/mol. The minimum absolute atomic E-state index is 0.0370. The molecule has 2 aromatic rings. The van der Waals surface area contributed by atoms with Gasteiger partial charge >= 0.3 is 0 Å². The molecule has 0 radical (unpaired) electrons. The maximum atomic E-state index is 13.1. The lowest BCUT2D eigenvalue weighted by Crippen LogP contribution is -2.54. The summed E-state index contributed by atoms with van der Waals surface area (Å²) in [7, 11) is 0. The smallest absolute Gasteiger partial charge is 0.251 e. The van der Waals surface area contributed by atoms with E-state index in [0.29, 0.717) is 18.8 Å². The van der Waals surface area contributed by atoms with Crippen LogP contribution in [0.2, 0.25) is 0 Å². The van der Waals surface area contributed by atoms with E-state index in [-0.39, 0.29) is 23.8 Å². The molecule has 0 unspecified atom stereocenters. The first-order chi connectivity index (χ1) is 13.2. The van der Waals surface area contributed by atoms with E-state index < -0.39 is 0 Å². The number of halogens is 1. The Labute approximate surface area is 158 Å². The van der Waals surface area contributed by atoms with Gasteiger partial charge in [0.25, 0.3) is 5.91 Å². The monoisotopic (exact) mass is 370 g/mol. The Bertz CT molecular complexity index is 790. The number of nitrogens with zero attached hydrogens (tertiary/aromatic N) is 1. The van der Waals surface area contributed by atoms with Crippen LogP contribution in [0, 0.1) is 5.82 Å². The fourth-order valence-electron chi connectivity index (χ4n) is 3.68. The van der Waals surface area contributed by atoms with Crippen molar-refractivity contribution in [1.29, 1.82) is 0 Å². The molecule has 0 aromatic heterocycles. The number of hydrogen-bond acceptors (Lipinski definition) is 4. The van der Waals surface area contributed by atoms with Crippen LogP contribution < -0.4 is 5.32 Å². The van der Waals surface area contributed by atoms with Gasteiger partial charge in [0.1, 0.15) is 5.82 Å². The number of amides is 1. The minimum Gasteiger partial charge on any atom is -0.379 e. The van der Waals surface area contributed by atoms with Crippen molar-refractivity contribution in [1.82, 2.24) is 10.2 Å². The lowest BCUT2D eigenvalue weighted by atomic mass is 10.0. The first-order valence-corrected chi connectivity index (χ1v) is 9.27. The van der Waals surface area contributed by atoms with Crippen LogP contribution in [-0.2, 0) is 9.47 Å². The molecule has 2 aliphatic heterocycles. The number of rotatable bonds is 4. The van der Waals surface area contributed by atoms with Crippen molar-refractivity contribution in [3.63, 3.8) is 0 Å². The van der Waals surface area contributed by atoms with Gasteiger partial charge in [-0.1, -0.05) is 24.3 Å². The largest absolute Gasteiger partial charge is 0.379 e. The quantitative estimate of drug-likeness (QED) is 0.898. The van der Waals surface area contributed by atoms with E-state index >= 15 is 0 Å². The number of carbonyl (C=O) groups is 1. The molecule has 0 spiro atoms. The van der Waals surface area contributed by atoms with Crippen molar-refractivity contribution in [2.45, 2.75) is 12.1 Å². The normalized spacial score (nSPS) is 23.3. The van der Waals surface area contributed by atoms with Crippen LogP contribution in [0.25, 0.3) is 11.1 Å². The predicted octanol–water partition coefficient (Wildman–Crippen LogP) is 2.32. The molecule has 27 heavy (non-hydrogen) atoms. The fraction of sp³-hybridized carbons (Fsp3) is 0.381. The summed E-state index contributed by atoms with van der Waals surface area (Å²) in [4.78, 5) is 15.1. The molecule has 1 amide bonds. The molecular weight excluding hydrogens is 347 g/mol. The van der Waals surface area contributed by atoms with Crippen molar-refractivity contribution >= 4 is 5.91 Å². The Morgan fingerprint density at radius 2 is 1.78 bits per heavy atom. The first-order valence-electron chi connectivity index (χ1n) is 9.27. The maximum absolute atomic E-state index is 13.1. The molecule has 2 aromatic carbocycles. The molecule has 5 nitrogen and oxygen atoms in total. The summed E-state index contributed by atoms with van der Waals surface area (Å²) in [5, 5.41) is 3.12. The van der Waals surface area contributed by atoms with Gasteiger partial charge in [0, 0.05) is 18.7 Å². The first kappa shape index (κ1) is 18.1. The second-order valence-corrected chi connectivity index (χ2v) is 6.92. The molecule has 0 bridgehead atoms. The summed E-state index contributed by atoms with van der Waals surface area (Å²) in [6.07, 6.45) is 0. The Morgan fingerprint density at radius 1 is 1.00 bits per heavy atom. The number of nitrogens with one attached hydrogen (secondary N) is 1. The zero-order valence-electron chi connectivity index (χ0n) is 15.1. The number of morpholine rings is 1. The van der Waals surface area contributed by atoms with Crippen LogP contribution in [0.5, 0.6) is 0 Å². The Hall–Kier alpha value is -2.28. The highest BCUT2D eigenvalue weighted by atomic mass is 19.1. The summed E-state index contributed by atoms with van der Waals surface area (Å²) >= 11 is 0. The van der Waals surface area contributed by atoms with Gasteiger partial charge in [-0.2, -0.15) is 0 Å². The second kappa shape index (κ2) is 8.17. The molecule has 2 fully saturated rings. The molecule has 0 aliphatic carbocycles. The average Bonchev–Trinajstić information content (AvgIpc) is 3.17. The number of benzene rings is 2. The van der Waals surface area contributed by atoms with Crippen LogP contribution in [0.4, 0.5) is 4.39 Å². The molecular formula is C21H23FN2O3. The van der Waals surface area contributed by atoms with E-state index in [1.54, 1.807) is 18.2 Å². The molecule has 2 aliphatic rings. The fourth-order valence-corrected chi connectivity index (χ4v) is 3.68. The van der Waals surface area contributed by atoms with E-state index in [1.165, 1.54) is 12.1 Å². The van der Waals surface area contributed by atoms with Gasteiger partial charge in [-0.25, -0.2) is 4.39 Å². The zero-order valence-corrected chi connectivity index (χ0v) is 15.1. The topological polar surface area (TPSA) is 50.8 Å². The summed E-state index contributed by atoms with van der Waals surface area (Å²) in [6, 6.07) is 13.8. The van der Waals surface area contributed by atoms with Gasteiger partial charge in [-0.05, 0) is 35.4 Å². The molecule has 0 saturated carbocycles. The molecule has 2 saturated heterocycles. The average molecular weight is 370 g/mol. The molecule has 4 rings (SSSR count). The van der Waals surface area contributed by atoms with Gasteiger partial charge in [0.15, 0.2) is 0 Å². The highest BCUT2D eigenvalue weighted by Gasteiger charge is 2.35. The van der Waals surface area contributed by atoms with Crippen LogP contribution in [0.15, 0.2) is 48.5 Å². The lowest BCUT2D eigenvalue weighted by molar-refractivity contribution is 0.0108. The van der Waals surface area contributed by atoms with Gasteiger partial charge < -0.3 is 14.8 Å². The third-order valence-corrected chi connectivity index (χ3v) is 5.18. The molecule has 1 N–H and O–H groups in total. The Kier molecular flexibility index (Phi) is 5.48. The van der Waals surface area contributed by atoms with Crippen molar-refractivity contribution in [3.8, 4) is 11.1 Å². The van der Waals surface area contributed by atoms with E-state index in [4.69, 9.17) is 9.47 Å².